The number of aliphatic hydroxyl groups is 1. The second kappa shape index (κ2) is 28.4. The number of aliphatic hydroxyl groups excluding tert-OH is 1. The Bertz CT molecular complexity index is 3030. The van der Waals surface area contributed by atoms with E-state index in [1.54, 1.807) is 70.8 Å². The van der Waals surface area contributed by atoms with E-state index >= 15 is 4.79 Å². The van der Waals surface area contributed by atoms with Gasteiger partial charge in [0.05, 0.1) is 29.7 Å². The molecule has 1 aliphatic heterocycles. The number of unbranched alkanes of at least 4 members (excludes halogenated alkanes) is 26. The van der Waals surface area contributed by atoms with Gasteiger partial charge in [0.2, 0.25) is 0 Å². The Morgan fingerprint density at radius 2 is 0.920 bits per heavy atom. The van der Waals surface area contributed by atoms with E-state index in [0.717, 1.165) is 108 Å². The number of aryl methyl sites for hydroxylation is 4. The van der Waals surface area contributed by atoms with Crippen LogP contribution in [0.25, 0.3) is 41.1 Å². The highest BCUT2D eigenvalue weighted by Gasteiger charge is 2.40. The number of carbonyl (C=O) groups excluding carboxylic acids is 3. The van der Waals surface area contributed by atoms with Gasteiger partial charge in [-0.3, -0.25) is 19.3 Å². The van der Waals surface area contributed by atoms with Gasteiger partial charge in [0.25, 0.3) is 11.8 Å². The molecule has 0 bridgehead atoms. The largest absolute Gasteiger partial charge is 0.487 e. The van der Waals surface area contributed by atoms with Gasteiger partial charge in [-0.05, 0) is 68.9 Å². The fourth-order valence-electron chi connectivity index (χ4n) is 11.7. The summed E-state index contributed by atoms with van der Waals surface area (Å²) in [6.07, 6.45) is 38.6. The number of amides is 2. The van der Waals surface area contributed by atoms with Crippen LogP contribution < -0.4 is 15.2 Å². The first-order valence-corrected chi connectivity index (χ1v) is 33.3. The molecule has 1 N–H and O–H groups in total. The number of methoxy groups -OCH3 is 1. The highest BCUT2D eigenvalue weighted by atomic mass is 32.1. The Morgan fingerprint density at radius 3 is 1.43 bits per heavy atom. The van der Waals surface area contributed by atoms with Crippen molar-refractivity contribution in [2.45, 2.75) is 227 Å². The van der Waals surface area contributed by atoms with Gasteiger partial charge in [-0.1, -0.05) is 192 Å². The minimum absolute atomic E-state index is 0.0313. The van der Waals surface area contributed by atoms with Crippen molar-refractivity contribution in [3.63, 3.8) is 0 Å². The average molecular weight is 1110 g/mol. The summed E-state index contributed by atoms with van der Waals surface area (Å²) >= 11 is 8.07. The fourth-order valence-corrected chi connectivity index (χ4v) is 17.5. The molecule has 0 spiro atoms. The molecule has 0 radical (unpaired) electrons. The number of hydrogen-bond donors (Lipinski definition) is 1. The lowest BCUT2D eigenvalue weighted by Gasteiger charge is -2.07. The number of imide groups is 1. The highest BCUT2D eigenvalue weighted by Crippen LogP contribution is 2.48. The van der Waals surface area contributed by atoms with E-state index in [2.05, 4.69) is 45.0 Å². The molecule has 0 fully saturated rings. The standard InChI is InChI=1S/C64H85NO5S5/c1-7-9-11-13-15-17-19-21-23-25-27-29-31-33-35-44-37-49(71-42(44)3)53-55-56(61-48(40-51(70-6)75-61)47-39-46(41-66)73-60(47)55)54(58(53)67)50-38-45(36-34-32-30-28-26-24-22-20-18-16-14-12-10-8-2)59(74-50)62-57-52(43(4)72-62)63(68)65(5)64(57)69/h37-40,66H,7-36,41H2,1-6H3. The Labute approximate surface area is 468 Å². The third-order valence-electron chi connectivity index (χ3n) is 16.0. The Hall–Kier alpha value is -3.45. The van der Waals surface area contributed by atoms with E-state index in [-0.39, 0.29) is 24.2 Å². The van der Waals surface area contributed by atoms with Crippen molar-refractivity contribution < 1.29 is 24.2 Å². The van der Waals surface area contributed by atoms with E-state index in [4.69, 9.17) is 4.74 Å². The van der Waals surface area contributed by atoms with Crippen LogP contribution in [0.2, 0.25) is 0 Å². The van der Waals surface area contributed by atoms with Crippen molar-refractivity contribution in [1.82, 2.24) is 4.90 Å². The van der Waals surface area contributed by atoms with Crippen molar-refractivity contribution in [2.24, 2.45) is 0 Å². The molecule has 5 aromatic heterocycles. The number of ether oxygens (including phenoxy) is 1. The van der Waals surface area contributed by atoms with Crippen LogP contribution in [0, 0.1) is 13.8 Å². The topological polar surface area (TPSA) is 83.9 Å². The average Bonchev–Trinajstić information content (AvgIpc) is 4.31. The van der Waals surface area contributed by atoms with Gasteiger partial charge in [0, 0.05) is 84.1 Å². The third kappa shape index (κ3) is 13.5. The molecule has 0 atom stereocenters. The van der Waals surface area contributed by atoms with Crippen molar-refractivity contribution in [3.8, 4) is 14.8 Å². The summed E-state index contributed by atoms with van der Waals surface area (Å²) in [5.41, 5.74) is 4.98. The Morgan fingerprint density at radius 1 is 0.480 bits per heavy atom. The number of benzene rings is 1. The summed E-state index contributed by atoms with van der Waals surface area (Å²) in [6.45, 7) is 8.67. The quantitative estimate of drug-likeness (QED) is 0.0317. The lowest BCUT2D eigenvalue weighted by atomic mass is 10.00. The van der Waals surface area contributed by atoms with E-state index < -0.39 is 0 Å². The van der Waals surface area contributed by atoms with Crippen LogP contribution in [0.4, 0.5) is 0 Å². The first-order valence-electron chi connectivity index (χ1n) is 29.3. The van der Waals surface area contributed by atoms with E-state index in [9.17, 15) is 14.7 Å². The molecular formula is C64H85NO5S5. The summed E-state index contributed by atoms with van der Waals surface area (Å²) in [6, 6.07) is 8.76. The predicted molar refractivity (Wildman–Crippen MR) is 325 cm³/mol. The number of ketones is 1. The third-order valence-corrected chi connectivity index (χ3v) is 21.9. The van der Waals surface area contributed by atoms with Gasteiger partial charge in [-0.25, -0.2) is 0 Å². The molecule has 0 saturated carbocycles. The Kier molecular flexibility index (Phi) is 21.9. The molecule has 75 heavy (non-hydrogen) atoms. The number of rotatable bonds is 35. The zero-order valence-corrected chi connectivity index (χ0v) is 50.4. The Balaban J connectivity index is 1.07. The normalized spacial score (nSPS) is 13.6. The zero-order chi connectivity index (χ0) is 52.8. The van der Waals surface area contributed by atoms with Crippen LogP contribution in [-0.4, -0.2) is 41.8 Å². The maximum Gasteiger partial charge on any atom is 0.262 e. The molecule has 6 nitrogen and oxygen atoms in total. The fraction of sp³-hybridized carbons (Fsp3) is 0.578. The monoisotopic (exact) mass is 1110 g/mol. The van der Waals surface area contributed by atoms with Crippen LogP contribution in [0.5, 0.6) is 5.06 Å². The molecule has 2 amide bonds. The van der Waals surface area contributed by atoms with Crippen LogP contribution in [0.1, 0.15) is 250 Å². The number of fused-ring (bicyclic) bond motifs is 7. The first-order chi connectivity index (χ1) is 36.6. The minimum Gasteiger partial charge on any atom is -0.487 e. The van der Waals surface area contributed by atoms with Crippen LogP contribution in [0.15, 0.2) is 24.3 Å². The molecule has 0 unspecified atom stereocenters. The molecular weight excluding hydrogens is 1020 g/mol. The SMILES string of the molecule is CCCCCCCCCCCCCCCCc1cc(C2=c3c(c4sc(OC)cc4c4cc(CO)sc34)=C(c3cc(CCCCCCCCCCCCCCCC)c(-c4sc(C)c5c4C(=O)N(C)C5=O)s3)C2=O)sc1C. The first kappa shape index (κ1) is 57.7. The summed E-state index contributed by atoms with van der Waals surface area (Å²) < 4.78 is 7.97. The molecule has 8 rings (SSSR count). The van der Waals surface area contributed by atoms with Gasteiger partial charge in [-0.15, -0.1) is 45.3 Å². The van der Waals surface area contributed by atoms with Crippen molar-refractivity contribution in [3.05, 3.63) is 81.3 Å². The molecule has 406 valence electrons. The molecule has 2 aliphatic rings. The molecule has 11 heteroatoms. The smallest absolute Gasteiger partial charge is 0.262 e. The molecule has 6 heterocycles. The summed E-state index contributed by atoms with van der Waals surface area (Å²) in [5, 5.41) is 15.3. The lowest BCUT2D eigenvalue weighted by molar-refractivity contribution is -0.108. The van der Waals surface area contributed by atoms with E-state index in [1.165, 1.54) is 176 Å². The van der Waals surface area contributed by atoms with E-state index in [1.807, 2.05) is 6.92 Å². The van der Waals surface area contributed by atoms with Gasteiger partial charge in [0.1, 0.15) is 0 Å². The molecule has 6 aromatic rings. The predicted octanol–water partition coefficient (Wildman–Crippen LogP) is 18.3. The highest BCUT2D eigenvalue weighted by molar-refractivity contribution is 7.24. The number of Topliss-reactive ketones (excluding diaryl/α,β-unsaturated/α-hetero) is 1. The lowest BCUT2D eigenvalue weighted by Crippen LogP contribution is -2.25. The number of hydrogen-bond acceptors (Lipinski definition) is 10. The molecule has 0 saturated heterocycles. The maximum absolute atomic E-state index is 15.9. The van der Waals surface area contributed by atoms with Gasteiger partial charge >= 0.3 is 0 Å². The summed E-state index contributed by atoms with van der Waals surface area (Å²) in [4.78, 5) is 51.2. The van der Waals surface area contributed by atoms with Crippen LogP contribution in [-0.2, 0) is 24.2 Å². The molecule has 1 aliphatic carbocycles. The second-order valence-electron chi connectivity index (χ2n) is 21.7. The van der Waals surface area contributed by atoms with Crippen molar-refractivity contribution in [1.29, 1.82) is 0 Å². The van der Waals surface area contributed by atoms with E-state index in [0.29, 0.717) is 16.7 Å². The molecule has 1 aromatic carbocycles. The summed E-state index contributed by atoms with van der Waals surface area (Å²) in [5.74, 6) is -0.453. The van der Waals surface area contributed by atoms with Gasteiger partial charge in [-0.2, -0.15) is 0 Å². The number of carbonyl (C=O) groups is 3. The van der Waals surface area contributed by atoms with Crippen molar-refractivity contribution in [2.75, 3.05) is 14.2 Å². The van der Waals surface area contributed by atoms with Gasteiger partial charge in [0.15, 0.2) is 10.8 Å². The number of nitrogens with zero attached hydrogens (tertiary/aromatic N) is 1. The summed E-state index contributed by atoms with van der Waals surface area (Å²) in [7, 11) is 3.29. The van der Waals surface area contributed by atoms with Crippen LogP contribution >= 0.6 is 56.7 Å². The zero-order valence-electron chi connectivity index (χ0n) is 46.3. The second-order valence-corrected chi connectivity index (χ2v) is 27.4. The van der Waals surface area contributed by atoms with Crippen LogP contribution in [0.3, 0.4) is 0 Å². The van der Waals surface area contributed by atoms with Gasteiger partial charge < -0.3 is 9.84 Å². The van der Waals surface area contributed by atoms with Crippen molar-refractivity contribution >= 4 is 106 Å². The maximum atomic E-state index is 15.9. The number of thiophene rings is 5. The minimum atomic E-state index is -0.248.